The molecular formula is C15H23NO. The van der Waals surface area contributed by atoms with E-state index in [-0.39, 0.29) is 0 Å². The first-order chi connectivity index (χ1) is 8.28. The third-order valence-electron chi connectivity index (χ3n) is 3.65. The van der Waals surface area contributed by atoms with Gasteiger partial charge in [0.25, 0.3) is 0 Å². The molecule has 1 fully saturated rings. The van der Waals surface area contributed by atoms with Crippen LogP contribution in [-0.4, -0.2) is 19.2 Å². The predicted molar refractivity (Wildman–Crippen MR) is 71.1 cm³/mol. The van der Waals surface area contributed by atoms with E-state index in [2.05, 4.69) is 43.6 Å². The molecule has 1 saturated carbocycles. The van der Waals surface area contributed by atoms with Crippen LogP contribution in [0.5, 0.6) is 0 Å². The van der Waals surface area contributed by atoms with Gasteiger partial charge < -0.3 is 10.1 Å². The van der Waals surface area contributed by atoms with E-state index in [9.17, 15) is 0 Å². The highest BCUT2D eigenvalue weighted by molar-refractivity contribution is 5.21. The van der Waals surface area contributed by atoms with E-state index in [0.717, 1.165) is 6.61 Å². The van der Waals surface area contributed by atoms with Gasteiger partial charge in [-0.05, 0) is 45.2 Å². The Morgan fingerprint density at radius 2 is 2.00 bits per heavy atom. The SMILES string of the molecule is CNC1CCC(OCc2cccc(C)c2)CC1. The number of ether oxygens (including phenoxy) is 1. The summed E-state index contributed by atoms with van der Waals surface area (Å²) in [4.78, 5) is 0. The summed E-state index contributed by atoms with van der Waals surface area (Å²) in [6, 6.07) is 9.28. The summed E-state index contributed by atoms with van der Waals surface area (Å²) < 4.78 is 5.99. The summed E-state index contributed by atoms with van der Waals surface area (Å²) in [5.41, 5.74) is 2.60. The third-order valence-corrected chi connectivity index (χ3v) is 3.65. The zero-order valence-corrected chi connectivity index (χ0v) is 10.9. The molecule has 0 amide bonds. The van der Waals surface area contributed by atoms with E-state index < -0.39 is 0 Å². The van der Waals surface area contributed by atoms with Crippen LogP contribution in [0.3, 0.4) is 0 Å². The maximum atomic E-state index is 5.99. The molecule has 0 heterocycles. The number of hydrogen-bond acceptors (Lipinski definition) is 2. The Balaban J connectivity index is 1.76. The van der Waals surface area contributed by atoms with Crippen molar-refractivity contribution >= 4 is 0 Å². The highest BCUT2D eigenvalue weighted by atomic mass is 16.5. The monoisotopic (exact) mass is 233 g/mol. The molecule has 0 unspecified atom stereocenters. The van der Waals surface area contributed by atoms with E-state index in [1.54, 1.807) is 0 Å². The van der Waals surface area contributed by atoms with Crippen LogP contribution in [0.25, 0.3) is 0 Å². The van der Waals surface area contributed by atoms with E-state index in [1.807, 2.05) is 0 Å². The normalized spacial score (nSPS) is 24.8. The number of rotatable bonds is 4. The second kappa shape index (κ2) is 6.18. The van der Waals surface area contributed by atoms with E-state index in [1.165, 1.54) is 36.8 Å². The number of aryl methyl sites for hydroxylation is 1. The molecule has 94 valence electrons. The Hall–Kier alpha value is -0.860. The van der Waals surface area contributed by atoms with Crippen molar-refractivity contribution in [3.05, 3.63) is 35.4 Å². The van der Waals surface area contributed by atoms with Crippen molar-refractivity contribution in [1.29, 1.82) is 0 Å². The molecule has 2 rings (SSSR count). The van der Waals surface area contributed by atoms with Crippen molar-refractivity contribution in [3.8, 4) is 0 Å². The first-order valence-corrected chi connectivity index (χ1v) is 6.62. The fraction of sp³-hybridized carbons (Fsp3) is 0.600. The standard InChI is InChI=1S/C15H23NO/c1-12-4-3-5-13(10-12)11-17-15-8-6-14(16-2)7-9-15/h3-5,10,14-16H,6-9,11H2,1-2H3. The van der Waals surface area contributed by atoms with Gasteiger partial charge in [-0.3, -0.25) is 0 Å². The van der Waals surface area contributed by atoms with Crippen LogP contribution in [0.2, 0.25) is 0 Å². The molecule has 2 nitrogen and oxygen atoms in total. The molecule has 1 aliphatic rings. The van der Waals surface area contributed by atoms with E-state index >= 15 is 0 Å². The average Bonchev–Trinajstić information content (AvgIpc) is 2.37. The molecule has 1 N–H and O–H groups in total. The molecule has 1 aromatic carbocycles. The van der Waals surface area contributed by atoms with Gasteiger partial charge in [0.2, 0.25) is 0 Å². The Morgan fingerprint density at radius 1 is 1.24 bits per heavy atom. The van der Waals surface area contributed by atoms with Crippen LogP contribution in [-0.2, 0) is 11.3 Å². The minimum absolute atomic E-state index is 0.458. The molecule has 0 atom stereocenters. The summed E-state index contributed by atoms with van der Waals surface area (Å²) in [5.74, 6) is 0. The lowest BCUT2D eigenvalue weighted by atomic mass is 9.93. The molecule has 0 aliphatic heterocycles. The van der Waals surface area contributed by atoms with Gasteiger partial charge in [0.1, 0.15) is 0 Å². The average molecular weight is 233 g/mol. The van der Waals surface area contributed by atoms with Gasteiger partial charge in [-0.15, -0.1) is 0 Å². The lowest BCUT2D eigenvalue weighted by molar-refractivity contribution is 0.0118. The molecule has 0 bridgehead atoms. The molecule has 0 saturated heterocycles. The van der Waals surface area contributed by atoms with Crippen LogP contribution >= 0.6 is 0 Å². The van der Waals surface area contributed by atoms with Crippen molar-refractivity contribution < 1.29 is 4.74 Å². The minimum Gasteiger partial charge on any atom is -0.374 e. The summed E-state index contributed by atoms with van der Waals surface area (Å²) in [6.45, 7) is 2.89. The number of nitrogens with one attached hydrogen (secondary N) is 1. The van der Waals surface area contributed by atoms with Gasteiger partial charge in [0.15, 0.2) is 0 Å². The van der Waals surface area contributed by atoms with Crippen LogP contribution < -0.4 is 5.32 Å². The van der Waals surface area contributed by atoms with Crippen LogP contribution in [0.4, 0.5) is 0 Å². The van der Waals surface area contributed by atoms with E-state index in [0.29, 0.717) is 12.1 Å². The first kappa shape index (κ1) is 12.6. The highest BCUT2D eigenvalue weighted by Crippen LogP contribution is 2.22. The topological polar surface area (TPSA) is 21.3 Å². The zero-order valence-electron chi connectivity index (χ0n) is 10.9. The Bertz CT molecular complexity index is 343. The fourth-order valence-electron chi connectivity index (χ4n) is 2.53. The van der Waals surface area contributed by atoms with Gasteiger partial charge in [-0.1, -0.05) is 29.8 Å². The first-order valence-electron chi connectivity index (χ1n) is 6.62. The molecule has 17 heavy (non-hydrogen) atoms. The smallest absolute Gasteiger partial charge is 0.0720 e. The summed E-state index contributed by atoms with van der Waals surface area (Å²) in [6.07, 6.45) is 5.33. The van der Waals surface area contributed by atoms with Gasteiger partial charge in [0.05, 0.1) is 12.7 Å². The van der Waals surface area contributed by atoms with E-state index in [4.69, 9.17) is 4.74 Å². The second-order valence-corrected chi connectivity index (χ2v) is 5.06. The largest absolute Gasteiger partial charge is 0.374 e. The second-order valence-electron chi connectivity index (χ2n) is 5.06. The lowest BCUT2D eigenvalue weighted by Crippen LogP contribution is -2.32. The predicted octanol–water partition coefficient (Wildman–Crippen LogP) is 3.04. The van der Waals surface area contributed by atoms with Crippen LogP contribution in [0.1, 0.15) is 36.8 Å². The van der Waals surface area contributed by atoms with Crippen molar-refractivity contribution in [2.75, 3.05) is 7.05 Å². The molecule has 0 aromatic heterocycles. The van der Waals surface area contributed by atoms with Gasteiger partial charge in [-0.2, -0.15) is 0 Å². The Morgan fingerprint density at radius 3 is 2.65 bits per heavy atom. The Kier molecular flexibility index (Phi) is 4.57. The number of benzene rings is 1. The van der Waals surface area contributed by atoms with Gasteiger partial charge >= 0.3 is 0 Å². The fourth-order valence-corrected chi connectivity index (χ4v) is 2.53. The summed E-state index contributed by atoms with van der Waals surface area (Å²) in [5, 5.41) is 3.35. The molecule has 2 heteroatoms. The molecule has 0 spiro atoms. The maximum absolute atomic E-state index is 5.99. The maximum Gasteiger partial charge on any atom is 0.0720 e. The zero-order chi connectivity index (χ0) is 12.1. The van der Waals surface area contributed by atoms with Crippen molar-refractivity contribution in [1.82, 2.24) is 5.32 Å². The Labute approximate surface area is 104 Å². The molecule has 1 aliphatic carbocycles. The summed E-state index contributed by atoms with van der Waals surface area (Å²) in [7, 11) is 2.05. The number of hydrogen-bond donors (Lipinski definition) is 1. The minimum atomic E-state index is 0.458. The van der Waals surface area contributed by atoms with Crippen molar-refractivity contribution in [2.45, 2.75) is 51.4 Å². The quantitative estimate of drug-likeness (QED) is 0.863. The molecule has 0 radical (unpaired) electrons. The third kappa shape index (κ3) is 3.83. The van der Waals surface area contributed by atoms with Gasteiger partial charge in [-0.25, -0.2) is 0 Å². The lowest BCUT2D eigenvalue weighted by Gasteiger charge is -2.28. The van der Waals surface area contributed by atoms with Crippen LogP contribution in [0, 0.1) is 6.92 Å². The van der Waals surface area contributed by atoms with Crippen molar-refractivity contribution in [2.24, 2.45) is 0 Å². The van der Waals surface area contributed by atoms with Crippen molar-refractivity contribution in [3.63, 3.8) is 0 Å². The molecular weight excluding hydrogens is 210 g/mol. The summed E-state index contributed by atoms with van der Waals surface area (Å²) >= 11 is 0. The highest BCUT2D eigenvalue weighted by Gasteiger charge is 2.20. The molecule has 1 aromatic rings. The van der Waals surface area contributed by atoms with Crippen LogP contribution in [0.15, 0.2) is 24.3 Å². The van der Waals surface area contributed by atoms with Gasteiger partial charge in [0, 0.05) is 6.04 Å².